The summed E-state index contributed by atoms with van der Waals surface area (Å²) < 4.78 is 6.36. The first-order chi connectivity index (χ1) is 6.42. The normalized spacial score (nSPS) is 11.5. The fraction of sp³-hybridized carbons (Fsp3) is 0.500. The van der Waals surface area contributed by atoms with Crippen molar-refractivity contribution in [3.05, 3.63) is 28.2 Å². The van der Waals surface area contributed by atoms with Gasteiger partial charge in [0.25, 0.3) is 0 Å². The molecule has 0 atom stereocenters. The number of hydrogen-bond acceptors (Lipinski definition) is 1. The summed E-state index contributed by atoms with van der Waals surface area (Å²) in [6.45, 7) is 6.71. The molecule has 0 radical (unpaired) electrons. The second-order valence-electron chi connectivity index (χ2n) is 4.69. The van der Waals surface area contributed by atoms with Gasteiger partial charge in [-0.25, -0.2) is 0 Å². The summed E-state index contributed by atoms with van der Waals surface area (Å²) in [6.07, 6.45) is 1.05. The lowest BCUT2D eigenvalue weighted by atomic mass is 9.88. The maximum Gasteiger partial charge on any atom is 0.119 e. The molecule has 0 N–H and O–H groups in total. The molecule has 78 valence electrons. The van der Waals surface area contributed by atoms with Gasteiger partial charge >= 0.3 is 0 Å². The Morgan fingerprint density at radius 3 is 2.43 bits per heavy atom. The molecule has 0 saturated carbocycles. The van der Waals surface area contributed by atoms with E-state index < -0.39 is 0 Å². The van der Waals surface area contributed by atoms with E-state index in [1.165, 1.54) is 5.56 Å². The van der Waals surface area contributed by atoms with Crippen molar-refractivity contribution in [3.63, 3.8) is 0 Å². The molecule has 1 aromatic carbocycles. The van der Waals surface area contributed by atoms with E-state index in [-0.39, 0.29) is 0 Å². The molecular formula is C12H17BrO. The molecular weight excluding hydrogens is 240 g/mol. The number of benzene rings is 1. The first-order valence-electron chi connectivity index (χ1n) is 4.75. The maximum absolute atomic E-state index is 5.20. The first-order valence-corrected chi connectivity index (χ1v) is 5.54. The highest BCUT2D eigenvalue weighted by Crippen LogP contribution is 2.28. The lowest BCUT2D eigenvalue weighted by molar-refractivity contribution is 0.401. The van der Waals surface area contributed by atoms with Crippen molar-refractivity contribution in [1.82, 2.24) is 0 Å². The minimum Gasteiger partial charge on any atom is -0.497 e. The van der Waals surface area contributed by atoms with Crippen LogP contribution in [0.4, 0.5) is 0 Å². The molecule has 0 aromatic heterocycles. The molecule has 2 heteroatoms. The van der Waals surface area contributed by atoms with E-state index in [1.807, 2.05) is 12.1 Å². The molecule has 14 heavy (non-hydrogen) atoms. The Bertz CT molecular complexity index is 313. The molecule has 0 fully saturated rings. The highest BCUT2D eigenvalue weighted by Gasteiger charge is 2.13. The van der Waals surface area contributed by atoms with Crippen molar-refractivity contribution in [2.24, 2.45) is 5.41 Å². The molecule has 0 amide bonds. The van der Waals surface area contributed by atoms with Gasteiger partial charge in [0.05, 0.1) is 7.11 Å². The van der Waals surface area contributed by atoms with Gasteiger partial charge in [-0.1, -0.05) is 36.7 Å². The summed E-state index contributed by atoms with van der Waals surface area (Å²) in [7, 11) is 1.70. The van der Waals surface area contributed by atoms with Gasteiger partial charge < -0.3 is 4.74 Å². The van der Waals surface area contributed by atoms with Gasteiger partial charge in [-0.15, -0.1) is 0 Å². The molecule has 0 unspecified atom stereocenters. The molecule has 0 saturated heterocycles. The molecule has 1 aromatic rings. The third-order valence-electron chi connectivity index (χ3n) is 1.97. The van der Waals surface area contributed by atoms with Gasteiger partial charge in [-0.05, 0) is 35.6 Å². The second-order valence-corrected chi connectivity index (χ2v) is 5.55. The lowest BCUT2D eigenvalue weighted by Crippen LogP contribution is -2.09. The molecule has 0 aliphatic carbocycles. The van der Waals surface area contributed by atoms with Crippen LogP contribution in [0.25, 0.3) is 0 Å². The Labute approximate surface area is 94.6 Å². The topological polar surface area (TPSA) is 9.23 Å². The van der Waals surface area contributed by atoms with Gasteiger partial charge in [0.15, 0.2) is 0 Å². The number of halogens is 1. The average molecular weight is 257 g/mol. The Hall–Kier alpha value is -0.500. The van der Waals surface area contributed by atoms with E-state index in [9.17, 15) is 0 Å². The van der Waals surface area contributed by atoms with Gasteiger partial charge in [0, 0.05) is 4.47 Å². The van der Waals surface area contributed by atoms with E-state index in [0.29, 0.717) is 5.41 Å². The predicted octanol–water partition coefficient (Wildman–Crippen LogP) is 4.05. The van der Waals surface area contributed by atoms with Crippen LogP contribution in [0.3, 0.4) is 0 Å². The van der Waals surface area contributed by atoms with Crippen molar-refractivity contribution in [2.75, 3.05) is 7.11 Å². The molecule has 0 aliphatic rings. The van der Waals surface area contributed by atoms with Crippen molar-refractivity contribution in [3.8, 4) is 5.75 Å². The van der Waals surface area contributed by atoms with Crippen LogP contribution in [0.1, 0.15) is 26.3 Å². The predicted molar refractivity (Wildman–Crippen MR) is 63.9 cm³/mol. The maximum atomic E-state index is 5.20. The summed E-state index contributed by atoms with van der Waals surface area (Å²) in [5.41, 5.74) is 1.60. The van der Waals surface area contributed by atoms with Crippen LogP contribution in [0, 0.1) is 5.41 Å². The van der Waals surface area contributed by atoms with Crippen molar-refractivity contribution in [2.45, 2.75) is 27.2 Å². The molecule has 0 bridgehead atoms. The summed E-state index contributed by atoms with van der Waals surface area (Å²) in [4.78, 5) is 0. The zero-order chi connectivity index (χ0) is 10.8. The SMILES string of the molecule is COc1ccc(Br)c(CC(C)(C)C)c1. The van der Waals surface area contributed by atoms with E-state index in [0.717, 1.165) is 16.6 Å². The Morgan fingerprint density at radius 2 is 1.93 bits per heavy atom. The third kappa shape index (κ3) is 3.33. The Balaban J connectivity index is 2.95. The van der Waals surface area contributed by atoms with Crippen LogP contribution in [0.5, 0.6) is 5.75 Å². The summed E-state index contributed by atoms with van der Waals surface area (Å²) in [6, 6.07) is 6.10. The van der Waals surface area contributed by atoms with Crippen LogP contribution >= 0.6 is 15.9 Å². The fourth-order valence-corrected chi connectivity index (χ4v) is 1.77. The first kappa shape index (κ1) is 11.6. The van der Waals surface area contributed by atoms with Gasteiger partial charge in [0.1, 0.15) is 5.75 Å². The minimum absolute atomic E-state index is 0.300. The van der Waals surface area contributed by atoms with E-state index >= 15 is 0 Å². The number of ether oxygens (including phenoxy) is 1. The molecule has 1 rings (SSSR count). The van der Waals surface area contributed by atoms with E-state index in [1.54, 1.807) is 7.11 Å². The zero-order valence-corrected chi connectivity index (χ0v) is 10.8. The summed E-state index contributed by atoms with van der Waals surface area (Å²) in [5, 5.41) is 0. The summed E-state index contributed by atoms with van der Waals surface area (Å²) in [5.74, 6) is 0.924. The van der Waals surface area contributed by atoms with Crippen LogP contribution in [0.2, 0.25) is 0 Å². The van der Waals surface area contributed by atoms with Crippen molar-refractivity contribution in [1.29, 1.82) is 0 Å². The average Bonchev–Trinajstić information content (AvgIpc) is 2.06. The lowest BCUT2D eigenvalue weighted by Gasteiger charge is -2.19. The standard InChI is InChI=1S/C12H17BrO/c1-12(2,3)8-9-7-10(14-4)5-6-11(9)13/h5-7H,8H2,1-4H3. The molecule has 0 heterocycles. The van der Waals surface area contributed by atoms with Crippen LogP contribution in [-0.4, -0.2) is 7.11 Å². The van der Waals surface area contributed by atoms with Gasteiger partial charge in [0.2, 0.25) is 0 Å². The van der Waals surface area contributed by atoms with Gasteiger partial charge in [-0.2, -0.15) is 0 Å². The van der Waals surface area contributed by atoms with Crippen LogP contribution in [-0.2, 0) is 6.42 Å². The van der Waals surface area contributed by atoms with Crippen molar-refractivity contribution < 1.29 is 4.74 Å². The Morgan fingerprint density at radius 1 is 1.29 bits per heavy atom. The molecule has 0 spiro atoms. The monoisotopic (exact) mass is 256 g/mol. The fourth-order valence-electron chi connectivity index (χ4n) is 1.38. The summed E-state index contributed by atoms with van der Waals surface area (Å²) >= 11 is 3.56. The third-order valence-corrected chi connectivity index (χ3v) is 2.75. The quantitative estimate of drug-likeness (QED) is 0.776. The van der Waals surface area contributed by atoms with E-state index in [2.05, 4.69) is 42.8 Å². The van der Waals surface area contributed by atoms with Crippen LogP contribution < -0.4 is 4.74 Å². The highest BCUT2D eigenvalue weighted by atomic mass is 79.9. The van der Waals surface area contributed by atoms with Gasteiger partial charge in [-0.3, -0.25) is 0 Å². The van der Waals surface area contributed by atoms with Crippen LogP contribution in [0.15, 0.2) is 22.7 Å². The largest absolute Gasteiger partial charge is 0.497 e. The number of methoxy groups -OCH3 is 1. The number of rotatable bonds is 2. The Kier molecular flexibility index (Phi) is 3.59. The number of hydrogen-bond donors (Lipinski definition) is 0. The highest BCUT2D eigenvalue weighted by molar-refractivity contribution is 9.10. The van der Waals surface area contributed by atoms with E-state index in [4.69, 9.17) is 4.74 Å². The molecule has 0 aliphatic heterocycles. The molecule has 1 nitrogen and oxygen atoms in total. The second kappa shape index (κ2) is 4.35. The zero-order valence-electron chi connectivity index (χ0n) is 9.23. The smallest absolute Gasteiger partial charge is 0.119 e. The minimum atomic E-state index is 0.300. The van der Waals surface area contributed by atoms with Crippen molar-refractivity contribution >= 4 is 15.9 Å².